The second-order valence-electron chi connectivity index (χ2n) is 4.53. The Kier molecular flexibility index (Phi) is 4.05. The monoisotopic (exact) mass is 255 g/mol. The van der Waals surface area contributed by atoms with Gasteiger partial charge in [0.1, 0.15) is 12.3 Å². The third-order valence-electron chi connectivity index (χ3n) is 3.35. The lowest BCUT2D eigenvalue weighted by Crippen LogP contribution is -2.50. The van der Waals surface area contributed by atoms with Crippen molar-refractivity contribution < 1.29 is 19.5 Å². The standard InChI is InChI=1S/C11H17N3O4/c15-5-4-13-10(17)6-9(11(13)18)12-14-3-1-2-8(14)7-16/h7-9,12,15H,1-6H2/t8-,9?/m0/s1. The van der Waals surface area contributed by atoms with E-state index in [1.54, 1.807) is 5.01 Å². The van der Waals surface area contributed by atoms with Crippen LogP contribution in [-0.2, 0) is 14.4 Å². The molecule has 2 heterocycles. The van der Waals surface area contributed by atoms with Crippen LogP contribution in [0.15, 0.2) is 0 Å². The summed E-state index contributed by atoms with van der Waals surface area (Å²) in [6, 6.07) is -0.829. The number of nitrogens with zero attached hydrogens (tertiary/aromatic N) is 2. The Labute approximate surface area is 105 Å². The van der Waals surface area contributed by atoms with Gasteiger partial charge < -0.3 is 9.90 Å². The number of hydrogen-bond donors (Lipinski definition) is 2. The second kappa shape index (κ2) is 5.55. The van der Waals surface area contributed by atoms with Gasteiger partial charge >= 0.3 is 0 Å². The maximum absolute atomic E-state index is 11.9. The van der Waals surface area contributed by atoms with Crippen molar-refractivity contribution >= 4 is 18.1 Å². The lowest BCUT2D eigenvalue weighted by molar-refractivity contribution is -0.140. The minimum Gasteiger partial charge on any atom is -0.395 e. The topological polar surface area (TPSA) is 90.0 Å². The van der Waals surface area contributed by atoms with Crippen LogP contribution in [0.4, 0.5) is 0 Å². The zero-order valence-electron chi connectivity index (χ0n) is 10.0. The van der Waals surface area contributed by atoms with E-state index in [0.717, 1.165) is 24.0 Å². The molecule has 2 saturated heterocycles. The number of hydrogen-bond acceptors (Lipinski definition) is 6. The van der Waals surface area contributed by atoms with E-state index in [9.17, 15) is 14.4 Å². The average Bonchev–Trinajstić information content (AvgIpc) is 2.90. The molecule has 2 N–H and O–H groups in total. The van der Waals surface area contributed by atoms with Gasteiger partial charge in [0.2, 0.25) is 11.8 Å². The summed E-state index contributed by atoms with van der Waals surface area (Å²) in [6.07, 6.45) is 2.60. The first-order valence-electron chi connectivity index (χ1n) is 6.10. The van der Waals surface area contributed by atoms with E-state index in [-0.39, 0.29) is 37.4 Å². The number of carbonyl (C=O) groups is 3. The summed E-state index contributed by atoms with van der Waals surface area (Å²) in [5.41, 5.74) is 2.96. The molecule has 2 rings (SSSR count). The van der Waals surface area contributed by atoms with Crippen molar-refractivity contribution in [2.24, 2.45) is 0 Å². The molecule has 2 aliphatic rings. The molecule has 2 fully saturated rings. The first-order chi connectivity index (χ1) is 8.67. The summed E-state index contributed by atoms with van der Waals surface area (Å²) in [7, 11) is 0. The number of amides is 2. The molecule has 7 nitrogen and oxygen atoms in total. The number of imide groups is 1. The van der Waals surface area contributed by atoms with Crippen LogP contribution in [0.1, 0.15) is 19.3 Å². The summed E-state index contributed by atoms with van der Waals surface area (Å²) in [5, 5.41) is 10.5. The van der Waals surface area contributed by atoms with Crippen molar-refractivity contribution in [2.45, 2.75) is 31.3 Å². The molecule has 100 valence electrons. The second-order valence-corrected chi connectivity index (χ2v) is 4.53. The van der Waals surface area contributed by atoms with Crippen molar-refractivity contribution in [3.63, 3.8) is 0 Å². The molecule has 0 aromatic rings. The fraction of sp³-hybridized carbons (Fsp3) is 0.727. The van der Waals surface area contributed by atoms with Crippen molar-refractivity contribution in [3.8, 4) is 0 Å². The molecular formula is C11H17N3O4. The average molecular weight is 255 g/mol. The highest BCUT2D eigenvalue weighted by atomic mass is 16.3. The van der Waals surface area contributed by atoms with Crippen molar-refractivity contribution in [2.75, 3.05) is 19.7 Å². The largest absolute Gasteiger partial charge is 0.395 e. The van der Waals surface area contributed by atoms with Crippen LogP contribution < -0.4 is 5.43 Å². The fourth-order valence-electron chi connectivity index (χ4n) is 2.41. The normalized spacial score (nSPS) is 29.3. The third kappa shape index (κ3) is 2.43. The maximum Gasteiger partial charge on any atom is 0.248 e. The number of rotatable bonds is 5. The predicted octanol–water partition coefficient (Wildman–Crippen LogP) is -1.73. The van der Waals surface area contributed by atoms with E-state index in [0.29, 0.717) is 6.54 Å². The number of nitrogens with one attached hydrogen (secondary N) is 1. The molecule has 2 aliphatic heterocycles. The van der Waals surface area contributed by atoms with Gasteiger partial charge in [0.05, 0.1) is 25.6 Å². The van der Waals surface area contributed by atoms with Gasteiger partial charge in [0, 0.05) is 6.54 Å². The molecule has 0 saturated carbocycles. The quantitative estimate of drug-likeness (QED) is 0.448. The minimum absolute atomic E-state index is 0.0347. The minimum atomic E-state index is -0.607. The van der Waals surface area contributed by atoms with Gasteiger partial charge in [-0.1, -0.05) is 0 Å². The molecule has 7 heteroatoms. The Morgan fingerprint density at radius 3 is 2.89 bits per heavy atom. The number of carbonyl (C=O) groups excluding carboxylic acids is 3. The summed E-state index contributed by atoms with van der Waals surface area (Å²) >= 11 is 0. The summed E-state index contributed by atoms with van der Waals surface area (Å²) in [6.45, 7) is 0.499. The molecule has 18 heavy (non-hydrogen) atoms. The van der Waals surface area contributed by atoms with E-state index < -0.39 is 6.04 Å². The third-order valence-corrected chi connectivity index (χ3v) is 3.35. The van der Waals surface area contributed by atoms with Gasteiger partial charge in [-0.05, 0) is 12.8 Å². The predicted molar refractivity (Wildman–Crippen MR) is 61.1 cm³/mol. The van der Waals surface area contributed by atoms with Crippen LogP contribution in [0, 0.1) is 0 Å². The molecule has 0 bridgehead atoms. The van der Waals surface area contributed by atoms with Crippen molar-refractivity contribution in [1.29, 1.82) is 0 Å². The number of aliphatic hydroxyl groups is 1. The van der Waals surface area contributed by atoms with E-state index in [2.05, 4.69) is 5.43 Å². The van der Waals surface area contributed by atoms with Gasteiger partial charge in [-0.15, -0.1) is 0 Å². The van der Waals surface area contributed by atoms with Crippen LogP contribution in [0.25, 0.3) is 0 Å². The summed E-state index contributed by atoms with van der Waals surface area (Å²) < 4.78 is 0. The van der Waals surface area contributed by atoms with Crippen LogP contribution in [0.5, 0.6) is 0 Å². The van der Waals surface area contributed by atoms with Crippen molar-refractivity contribution in [3.05, 3.63) is 0 Å². The Hall–Kier alpha value is -1.31. The Morgan fingerprint density at radius 2 is 2.22 bits per heavy atom. The number of hydrazine groups is 1. The Balaban J connectivity index is 1.96. The SMILES string of the molecule is O=C[C@@H]1CCCN1NC1CC(=O)N(CCO)C1=O. The van der Waals surface area contributed by atoms with Gasteiger partial charge in [-0.3, -0.25) is 14.5 Å². The van der Waals surface area contributed by atoms with Gasteiger partial charge in [0.15, 0.2) is 0 Å². The molecule has 0 aromatic carbocycles. The zero-order chi connectivity index (χ0) is 13.1. The molecule has 2 amide bonds. The lowest BCUT2D eigenvalue weighted by atomic mass is 10.2. The van der Waals surface area contributed by atoms with Crippen LogP contribution in [-0.4, -0.2) is 64.9 Å². The number of β-amino-alcohol motifs (C(OH)–C–C–N with tert-alkyl or cyclic N) is 1. The van der Waals surface area contributed by atoms with E-state index in [1.807, 2.05) is 0 Å². The highest BCUT2D eigenvalue weighted by Crippen LogP contribution is 2.17. The Bertz CT molecular complexity index is 360. The van der Waals surface area contributed by atoms with Gasteiger partial charge in [-0.25, -0.2) is 10.4 Å². The smallest absolute Gasteiger partial charge is 0.248 e. The zero-order valence-corrected chi connectivity index (χ0v) is 10.0. The summed E-state index contributed by atoms with van der Waals surface area (Å²) in [5.74, 6) is -0.612. The summed E-state index contributed by atoms with van der Waals surface area (Å²) in [4.78, 5) is 35.4. The highest BCUT2D eigenvalue weighted by Gasteiger charge is 2.40. The van der Waals surface area contributed by atoms with Crippen LogP contribution in [0.3, 0.4) is 0 Å². The molecule has 2 atom stereocenters. The lowest BCUT2D eigenvalue weighted by Gasteiger charge is -2.24. The molecule has 0 aromatic heterocycles. The number of likely N-dealkylation sites (tertiary alicyclic amines) is 1. The van der Waals surface area contributed by atoms with Crippen LogP contribution >= 0.6 is 0 Å². The molecule has 0 aliphatic carbocycles. The van der Waals surface area contributed by atoms with E-state index >= 15 is 0 Å². The number of aliphatic hydroxyl groups excluding tert-OH is 1. The van der Waals surface area contributed by atoms with Gasteiger partial charge in [0.25, 0.3) is 0 Å². The van der Waals surface area contributed by atoms with Gasteiger partial charge in [-0.2, -0.15) is 0 Å². The Morgan fingerprint density at radius 1 is 1.44 bits per heavy atom. The number of aldehydes is 1. The fourth-order valence-corrected chi connectivity index (χ4v) is 2.41. The molecular weight excluding hydrogens is 238 g/mol. The first kappa shape index (κ1) is 13.1. The van der Waals surface area contributed by atoms with E-state index in [1.165, 1.54) is 0 Å². The molecule has 1 unspecified atom stereocenters. The highest BCUT2D eigenvalue weighted by molar-refractivity contribution is 6.05. The van der Waals surface area contributed by atoms with Crippen LogP contribution in [0.2, 0.25) is 0 Å². The molecule has 0 radical (unpaired) electrons. The maximum atomic E-state index is 11.9. The van der Waals surface area contributed by atoms with E-state index in [4.69, 9.17) is 5.11 Å². The van der Waals surface area contributed by atoms with Crippen molar-refractivity contribution in [1.82, 2.24) is 15.3 Å². The molecule has 0 spiro atoms. The first-order valence-corrected chi connectivity index (χ1v) is 6.10.